The molecule has 0 radical (unpaired) electrons. The number of hydrogen-bond acceptors (Lipinski definition) is 8. The average Bonchev–Trinajstić information content (AvgIpc) is 2.98. The number of nitrogens with zero attached hydrogens (tertiary/aromatic N) is 3. The highest BCUT2D eigenvalue weighted by molar-refractivity contribution is 8.00. The van der Waals surface area contributed by atoms with Crippen molar-refractivity contribution in [1.82, 2.24) is 10.1 Å². The fourth-order valence-corrected chi connectivity index (χ4v) is 2.72. The molecule has 0 saturated carbocycles. The van der Waals surface area contributed by atoms with E-state index in [9.17, 15) is 14.9 Å². The van der Waals surface area contributed by atoms with Crippen molar-refractivity contribution < 1.29 is 18.8 Å². The van der Waals surface area contributed by atoms with Crippen LogP contribution in [0.25, 0.3) is 0 Å². The number of nitriles is 1. The highest BCUT2D eigenvalue weighted by atomic mass is 32.2. The van der Waals surface area contributed by atoms with Gasteiger partial charge in [-0.05, 0) is 26.8 Å². The van der Waals surface area contributed by atoms with Crippen LogP contribution in [0.4, 0.5) is 5.88 Å². The van der Waals surface area contributed by atoms with Crippen molar-refractivity contribution >= 4 is 29.5 Å². The van der Waals surface area contributed by atoms with Gasteiger partial charge in [0.15, 0.2) is 0 Å². The Labute approximate surface area is 148 Å². The van der Waals surface area contributed by atoms with Crippen LogP contribution in [0, 0.1) is 25.2 Å². The summed E-state index contributed by atoms with van der Waals surface area (Å²) < 4.78 is 9.84. The van der Waals surface area contributed by atoms with Gasteiger partial charge < -0.3 is 9.26 Å². The van der Waals surface area contributed by atoms with Crippen molar-refractivity contribution in [3.05, 3.63) is 34.6 Å². The highest BCUT2D eigenvalue weighted by Gasteiger charge is 2.17. The number of pyridine rings is 1. The van der Waals surface area contributed by atoms with Crippen LogP contribution in [0.1, 0.15) is 34.2 Å². The molecule has 0 aliphatic rings. The van der Waals surface area contributed by atoms with E-state index < -0.39 is 5.97 Å². The van der Waals surface area contributed by atoms with Crippen LogP contribution in [0.2, 0.25) is 0 Å². The number of hydrogen-bond donors (Lipinski definition) is 1. The molecule has 2 aromatic rings. The first-order valence-corrected chi connectivity index (χ1v) is 8.38. The van der Waals surface area contributed by atoms with Gasteiger partial charge in [0.2, 0.25) is 11.8 Å². The summed E-state index contributed by atoms with van der Waals surface area (Å²) in [6.07, 6.45) is 0. The molecule has 8 nitrogen and oxygen atoms in total. The second-order valence-corrected chi connectivity index (χ2v) is 5.94. The molecule has 2 rings (SSSR count). The monoisotopic (exact) mass is 360 g/mol. The predicted molar refractivity (Wildman–Crippen MR) is 90.2 cm³/mol. The van der Waals surface area contributed by atoms with E-state index in [0.29, 0.717) is 16.4 Å². The van der Waals surface area contributed by atoms with E-state index in [1.54, 1.807) is 26.8 Å². The first-order chi connectivity index (χ1) is 11.9. The lowest BCUT2D eigenvalue weighted by Gasteiger charge is -2.09. The zero-order chi connectivity index (χ0) is 18.4. The molecule has 2 heterocycles. The molecule has 0 unspecified atom stereocenters. The number of anilines is 1. The van der Waals surface area contributed by atoms with Gasteiger partial charge in [-0.2, -0.15) is 5.26 Å². The summed E-state index contributed by atoms with van der Waals surface area (Å²) in [4.78, 5) is 28.0. The summed E-state index contributed by atoms with van der Waals surface area (Å²) in [6.45, 7) is 5.32. The standard InChI is InChI=1S/C16H16N4O4S/c1-4-23-16(22)12-6-11(7-17)15(18-10(12)3)25-8-13(21)19-14-5-9(2)20-24-14/h5-6H,4,8H2,1-3H3,(H,19,21). The third-order valence-corrected chi connectivity index (χ3v) is 4.02. The summed E-state index contributed by atoms with van der Waals surface area (Å²) in [5, 5.41) is 15.9. The van der Waals surface area contributed by atoms with E-state index in [0.717, 1.165) is 11.8 Å². The highest BCUT2D eigenvalue weighted by Crippen LogP contribution is 2.23. The van der Waals surface area contributed by atoms with E-state index in [-0.39, 0.29) is 35.3 Å². The zero-order valence-electron chi connectivity index (χ0n) is 14.0. The molecular weight excluding hydrogens is 344 g/mol. The molecule has 0 spiro atoms. The maximum absolute atomic E-state index is 11.9. The first kappa shape index (κ1) is 18.5. The number of amides is 1. The Balaban J connectivity index is 2.08. The second-order valence-electron chi connectivity index (χ2n) is 4.98. The smallest absolute Gasteiger partial charge is 0.340 e. The fraction of sp³-hybridized carbons (Fsp3) is 0.312. The summed E-state index contributed by atoms with van der Waals surface area (Å²) in [7, 11) is 0. The van der Waals surface area contributed by atoms with Crippen LogP contribution < -0.4 is 5.32 Å². The number of nitrogens with one attached hydrogen (secondary N) is 1. The van der Waals surface area contributed by atoms with Gasteiger partial charge in [0.25, 0.3) is 0 Å². The van der Waals surface area contributed by atoms with Crippen LogP contribution in [0.15, 0.2) is 21.7 Å². The van der Waals surface area contributed by atoms with Gasteiger partial charge in [-0.25, -0.2) is 9.78 Å². The number of carbonyl (C=O) groups excluding carboxylic acids is 2. The Morgan fingerprint density at radius 1 is 1.40 bits per heavy atom. The normalized spacial score (nSPS) is 10.2. The molecule has 1 amide bonds. The molecule has 2 aromatic heterocycles. The van der Waals surface area contributed by atoms with Crippen LogP contribution in [0.5, 0.6) is 0 Å². The molecule has 0 aromatic carbocycles. The van der Waals surface area contributed by atoms with Gasteiger partial charge in [0.1, 0.15) is 11.1 Å². The number of thioether (sulfide) groups is 1. The molecule has 25 heavy (non-hydrogen) atoms. The van der Waals surface area contributed by atoms with Crippen LogP contribution in [-0.4, -0.2) is 34.4 Å². The maximum Gasteiger partial charge on any atom is 0.340 e. The van der Waals surface area contributed by atoms with Gasteiger partial charge in [-0.3, -0.25) is 10.1 Å². The quantitative estimate of drug-likeness (QED) is 0.616. The zero-order valence-corrected chi connectivity index (χ0v) is 14.8. The predicted octanol–water partition coefficient (Wildman–Crippen LogP) is 2.47. The lowest BCUT2D eigenvalue weighted by atomic mass is 10.1. The molecule has 9 heteroatoms. The lowest BCUT2D eigenvalue weighted by molar-refractivity contribution is -0.113. The van der Waals surface area contributed by atoms with Crippen LogP contribution in [0.3, 0.4) is 0 Å². The van der Waals surface area contributed by atoms with Gasteiger partial charge >= 0.3 is 5.97 Å². The number of carbonyl (C=O) groups is 2. The van der Waals surface area contributed by atoms with Crippen molar-refractivity contribution in [2.75, 3.05) is 17.7 Å². The SMILES string of the molecule is CCOC(=O)c1cc(C#N)c(SCC(=O)Nc2cc(C)no2)nc1C. The molecule has 0 fully saturated rings. The van der Waals surface area contributed by atoms with Crippen molar-refractivity contribution in [2.45, 2.75) is 25.8 Å². The van der Waals surface area contributed by atoms with Gasteiger partial charge in [0, 0.05) is 6.07 Å². The third-order valence-electron chi connectivity index (χ3n) is 3.02. The number of aryl methyl sites for hydroxylation is 2. The number of ether oxygens (including phenoxy) is 1. The first-order valence-electron chi connectivity index (χ1n) is 7.39. The molecule has 0 aliphatic heterocycles. The van der Waals surface area contributed by atoms with E-state index in [4.69, 9.17) is 9.26 Å². The Morgan fingerprint density at radius 2 is 2.16 bits per heavy atom. The molecular formula is C16H16N4O4S. The summed E-state index contributed by atoms with van der Waals surface area (Å²) in [5.74, 6) is -0.567. The van der Waals surface area contributed by atoms with Gasteiger partial charge in [-0.15, -0.1) is 0 Å². The molecule has 130 valence electrons. The summed E-state index contributed by atoms with van der Waals surface area (Å²) in [6, 6.07) is 5.01. The van der Waals surface area contributed by atoms with Gasteiger partial charge in [0.05, 0.1) is 34.9 Å². The maximum atomic E-state index is 11.9. The third kappa shape index (κ3) is 4.81. The van der Waals surface area contributed by atoms with Crippen LogP contribution in [-0.2, 0) is 9.53 Å². The molecule has 0 saturated heterocycles. The molecule has 0 aliphatic carbocycles. The minimum Gasteiger partial charge on any atom is -0.462 e. The van der Waals surface area contributed by atoms with Crippen LogP contribution >= 0.6 is 11.8 Å². The fourth-order valence-electron chi connectivity index (χ4n) is 1.92. The minimum atomic E-state index is -0.529. The van der Waals surface area contributed by atoms with Crippen molar-refractivity contribution in [3.8, 4) is 6.07 Å². The number of esters is 1. The largest absolute Gasteiger partial charge is 0.462 e. The number of aromatic nitrogens is 2. The Hall–Kier alpha value is -2.86. The van der Waals surface area contributed by atoms with Gasteiger partial charge in [-0.1, -0.05) is 16.9 Å². The van der Waals surface area contributed by atoms with E-state index in [2.05, 4.69) is 15.5 Å². The van der Waals surface area contributed by atoms with Crippen molar-refractivity contribution in [3.63, 3.8) is 0 Å². The second kappa shape index (κ2) is 8.30. The van der Waals surface area contributed by atoms with E-state index >= 15 is 0 Å². The lowest BCUT2D eigenvalue weighted by Crippen LogP contribution is -2.14. The average molecular weight is 360 g/mol. The Morgan fingerprint density at radius 3 is 2.76 bits per heavy atom. The summed E-state index contributed by atoms with van der Waals surface area (Å²) in [5.41, 5.74) is 1.54. The van der Waals surface area contributed by atoms with Crippen molar-refractivity contribution in [1.29, 1.82) is 5.26 Å². The topological polar surface area (TPSA) is 118 Å². The van der Waals surface area contributed by atoms with E-state index in [1.807, 2.05) is 6.07 Å². The Bertz CT molecular complexity index is 841. The summed E-state index contributed by atoms with van der Waals surface area (Å²) >= 11 is 1.09. The van der Waals surface area contributed by atoms with Crippen molar-refractivity contribution in [2.24, 2.45) is 0 Å². The minimum absolute atomic E-state index is 0.0274. The Kier molecular flexibility index (Phi) is 6.14. The molecule has 0 atom stereocenters. The molecule has 1 N–H and O–H groups in total. The van der Waals surface area contributed by atoms with E-state index in [1.165, 1.54) is 6.07 Å². The molecule has 0 bridgehead atoms. The number of rotatable bonds is 6.